The number of hydrogen-bond donors (Lipinski definition) is 2. The van der Waals surface area contributed by atoms with Crippen LogP contribution >= 0.6 is 23.1 Å². The Bertz CT molecular complexity index is 524. The van der Waals surface area contributed by atoms with Gasteiger partial charge < -0.3 is 5.32 Å². The van der Waals surface area contributed by atoms with Gasteiger partial charge in [0.15, 0.2) is 0 Å². The summed E-state index contributed by atoms with van der Waals surface area (Å²) < 4.78 is 27.3. The van der Waals surface area contributed by atoms with Gasteiger partial charge >= 0.3 is 0 Å². The quantitative estimate of drug-likeness (QED) is 0.766. The number of aryl methyl sites for hydroxylation is 1. The maximum atomic E-state index is 12.3. The van der Waals surface area contributed by atoms with Crippen LogP contribution < -0.4 is 10.0 Å². The molecule has 1 aromatic rings. The van der Waals surface area contributed by atoms with E-state index in [0.29, 0.717) is 24.0 Å². The first-order valence-electron chi connectivity index (χ1n) is 6.61. The van der Waals surface area contributed by atoms with Crippen molar-refractivity contribution in [3.63, 3.8) is 0 Å². The minimum absolute atomic E-state index is 0.269. The summed E-state index contributed by atoms with van der Waals surface area (Å²) >= 11 is 3.18. The second kappa shape index (κ2) is 7.79. The summed E-state index contributed by atoms with van der Waals surface area (Å²) in [7, 11) is -3.39. The molecule has 0 amide bonds. The second-order valence-corrected chi connectivity index (χ2v) is 9.42. The van der Waals surface area contributed by atoms with Crippen LogP contribution in [0.15, 0.2) is 11.0 Å². The highest BCUT2D eigenvalue weighted by molar-refractivity contribution is 7.99. The Balaban J connectivity index is 2.79. The average Bonchev–Trinajstić information content (AvgIpc) is 2.75. The molecule has 0 aliphatic carbocycles. The van der Waals surface area contributed by atoms with Crippen molar-refractivity contribution in [1.29, 1.82) is 0 Å². The maximum absolute atomic E-state index is 12.3. The van der Waals surface area contributed by atoms with E-state index in [4.69, 9.17) is 0 Å². The smallest absolute Gasteiger partial charge is 0.241 e. The van der Waals surface area contributed by atoms with Gasteiger partial charge in [0.2, 0.25) is 10.0 Å². The van der Waals surface area contributed by atoms with Crippen LogP contribution in [0.1, 0.15) is 30.5 Å². The van der Waals surface area contributed by atoms with Crippen LogP contribution in [0.5, 0.6) is 0 Å². The van der Waals surface area contributed by atoms with Gasteiger partial charge in [0.05, 0.1) is 4.90 Å². The summed E-state index contributed by atoms with van der Waals surface area (Å²) in [6, 6.07) is 2.17. The Morgan fingerprint density at radius 3 is 2.55 bits per heavy atom. The molecule has 0 bridgehead atoms. The zero-order valence-electron chi connectivity index (χ0n) is 12.7. The molecule has 7 heteroatoms. The minimum atomic E-state index is -3.39. The Morgan fingerprint density at radius 1 is 1.35 bits per heavy atom. The molecule has 0 fully saturated rings. The summed E-state index contributed by atoms with van der Waals surface area (Å²) in [5.74, 6) is 0. The van der Waals surface area contributed by atoms with Gasteiger partial charge in [0, 0.05) is 34.1 Å². The molecular weight excluding hydrogens is 312 g/mol. The van der Waals surface area contributed by atoms with Crippen LogP contribution in [0.3, 0.4) is 0 Å². The first kappa shape index (κ1) is 18.0. The fraction of sp³-hybridized carbons (Fsp3) is 0.692. The van der Waals surface area contributed by atoms with E-state index in [-0.39, 0.29) is 5.25 Å². The van der Waals surface area contributed by atoms with E-state index < -0.39 is 10.0 Å². The lowest BCUT2D eigenvalue weighted by Gasteiger charge is -2.10. The van der Waals surface area contributed by atoms with Gasteiger partial charge in [-0.2, -0.15) is 11.8 Å². The second-order valence-electron chi connectivity index (χ2n) is 5.07. The van der Waals surface area contributed by atoms with Gasteiger partial charge in [-0.1, -0.05) is 20.8 Å². The van der Waals surface area contributed by atoms with E-state index in [0.717, 1.165) is 9.75 Å². The van der Waals surface area contributed by atoms with Crippen molar-refractivity contribution in [2.45, 2.75) is 50.4 Å². The van der Waals surface area contributed by atoms with Crippen molar-refractivity contribution >= 4 is 33.1 Å². The predicted molar refractivity (Wildman–Crippen MR) is 89.2 cm³/mol. The number of thiophene rings is 1. The molecule has 4 nitrogen and oxygen atoms in total. The molecule has 2 N–H and O–H groups in total. The normalized spacial score (nSPS) is 13.9. The zero-order chi connectivity index (χ0) is 15.3. The van der Waals surface area contributed by atoms with Crippen LogP contribution in [0.4, 0.5) is 0 Å². The monoisotopic (exact) mass is 336 g/mol. The highest BCUT2D eigenvalue weighted by Gasteiger charge is 2.20. The van der Waals surface area contributed by atoms with Gasteiger partial charge in [-0.05, 0) is 19.2 Å². The Kier molecular flexibility index (Phi) is 7.00. The first-order valence-corrected chi connectivity index (χ1v) is 10.2. The van der Waals surface area contributed by atoms with Crippen LogP contribution in [-0.2, 0) is 16.6 Å². The number of hydrogen-bond acceptors (Lipinski definition) is 5. The molecule has 0 aliphatic heterocycles. The van der Waals surface area contributed by atoms with Crippen LogP contribution in [0, 0.1) is 6.92 Å². The van der Waals surface area contributed by atoms with E-state index in [1.165, 1.54) is 11.3 Å². The van der Waals surface area contributed by atoms with E-state index in [1.54, 1.807) is 17.8 Å². The Hall–Kier alpha value is -0.0800. The molecule has 116 valence electrons. The van der Waals surface area contributed by atoms with Crippen molar-refractivity contribution in [3.8, 4) is 0 Å². The number of rotatable bonds is 8. The molecule has 1 atom stereocenters. The van der Waals surface area contributed by atoms with E-state index in [9.17, 15) is 8.42 Å². The molecule has 0 saturated carbocycles. The summed E-state index contributed by atoms with van der Waals surface area (Å²) in [6.45, 7) is 9.17. The van der Waals surface area contributed by atoms with Crippen LogP contribution in [0.25, 0.3) is 0 Å². The van der Waals surface area contributed by atoms with Crippen molar-refractivity contribution in [2.24, 2.45) is 0 Å². The number of thioether (sulfide) groups is 1. The molecule has 0 aliphatic rings. The molecule has 0 saturated heterocycles. The van der Waals surface area contributed by atoms with Gasteiger partial charge in [-0.25, -0.2) is 13.1 Å². The lowest BCUT2D eigenvalue weighted by atomic mass is 10.3. The van der Waals surface area contributed by atoms with E-state index >= 15 is 0 Å². The van der Waals surface area contributed by atoms with Gasteiger partial charge in [0.1, 0.15) is 0 Å². The predicted octanol–water partition coefficient (Wildman–Crippen LogP) is 2.58. The highest BCUT2D eigenvalue weighted by atomic mass is 32.2. The average molecular weight is 337 g/mol. The lowest BCUT2D eigenvalue weighted by Crippen LogP contribution is -2.29. The summed E-state index contributed by atoms with van der Waals surface area (Å²) in [4.78, 5) is 2.31. The standard InChI is InChI=1S/C13H24N2O2S3/c1-9(2)14-8-12-6-13(11(4)19-12)20(16,17)15-7-10(3)18-5/h6,9-10,14-15H,7-8H2,1-5H3. The molecule has 0 radical (unpaired) electrons. The van der Waals surface area contributed by atoms with Crippen molar-refractivity contribution in [2.75, 3.05) is 12.8 Å². The highest BCUT2D eigenvalue weighted by Crippen LogP contribution is 2.25. The Labute approximate surface area is 130 Å². The molecule has 0 spiro atoms. The fourth-order valence-electron chi connectivity index (χ4n) is 1.57. The molecular formula is C13H24N2O2S3. The summed E-state index contributed by atoms with van der Waals surface area (Å²) in [6.07, 6.45) is 1.98. The molecule has 1 aromatic heterocycles. The third kappa shape index (κ3) is 5.37. The van der Waals surface area contributed by atoms with Gasteiger partial charge in [-0.15, -0.1) is 11.3 Å². The molecule has 0 aromatic carbocycles. The molecule has 20 heavy (non-hydrogen) atoms. The largest absolute Gasteiger partial charge is 0.310 e. The van der Waals surface area contributed by atoms with E-state index in [1.807, 2.05) is 20.1 Å². The SMILES string of the molecule is CSC(C)CNS(=O)(=O)c1cc(CNC(C)C)sc1C. The molecule has 1 rings (SSSR count). The van der Waals surface area contributed by atoms with Crippen LogP contribution in [-0.4, -0.2) is 32.5 Å². The topological polar surface area (TPSA) is 58.2 Å². The number of sulfonamides is 1. The third-order valence-corrected chi connectivity index (χ3v) is 6.56. The maximum Gasteiger partial charge on any atom is 0.241 e. The van der Waals surface area contributed by atoms with Gasteiger partial charge in [0.25, 0.3) is 0 Å². The minimum Gasteiger partial charge on any atom is -0.310 e. The van der Waals surface area contributed by atoms with Crippen molar-refractivity contribution in [1.82, 2.24) is 10.0 Å². The van der Waals surface area contributed by atoms with E-state index in [2.05, 4.69) is 23.9 Å². The van der Waals surface area contributed by atoms with Crippen LogP contribution in [0.2, 0.25) is 0 Å². The summed E-state index contributed by atoms with van der Waals surface area (Å²) in [5, 5.41) is 3.57. The fourth-order valence-corrected chi connectivity index (χ4v) is 4.64. The molecule has 1 unspecified atom stereocenters. The third-order valence-electron chi connectivity index (χ3n) is 2.86. The van der Waals surface area contributed by atoms with Gasteiger partial charge in [-0.3, -0.25) is 0 Å². The molecule has 1 heterocycles. The lowest BCUT2D eigenvalue weighted by molar-refractivity contribution is 0.580. The number of nitrogens with one attached hydrogen (secondary N) is 2. The van der Waals surface area contributed by atoms with Crippen molar-refractivity contribution in [3.05, 3.63) is 15.8 Å². The zero-order valence-corrected chi connectivity index (χ0v) is 15.1. The van der Waals surface area contributed by atoms with Crippen molar-refractivity contribution < 1.29 is 8.42 Å². The Morgan fingerprint density at radius 2 is 2.00 bits per heavy atom. The summed E-state index contributed by atoms with van der Waals surface area (Å²) in [5.41, 5.74) is 0. The first-order chi connectivity index (χ1) is 9.26.